The van der Waals surface area contributed by atoms with Crippen molar-refractivity contribution >= 4 is 11.6 Å². The monoisotopic (exact) mass is 347 g/mol. The molecular weight excluding hydrogens is 330 g/mol. The maximum Gasteiger partial charge on any atom is 0.231 e. The van der Waals surface area contributed by atoms with Crippen molar-refractivity contribution in [3.63, 3.8) is 0 Å². The van der Waals surface area contributed by atoms with Gasteiger partial charge in [-0.3, -0.25) is 0 Å². The Morgan fingerprint density at radius 2 is 1.75 bits per heavy atom. The van der Waals surface area contributed by atoms with Gasteiger partial charge in [0.2, 0.25) is 6.79 Å². The van der Waals surface area contributed by atoms with Crippen LogP contribution in [-0.4, -0.2) is 27.6 Å². The SMILES string of the molecule is COc1cc(OC)c(C2NCCc3cc4c(cc32)OCO4)cc1Cl. The molecule has 2 aromatic carbocycles. The van der Waals surface area contributed by atoms with Gasteiger partial charge in [-0.25, -0.2) is 0 Å². The second kappa shape index (κ2) is 6.07. The molecule has 0 amide bonds. The number of nitrogens with one attached hydrogen (secondary N) is 1. The third kappa shape index (κ3) is 2.44. The number of hydrogen-bond acceptors (Lipinski definition) is 5. The Morgan fingerprint density at radius 3 is 2.50 bits per heavy atom. The molecular formula is C18H18ClNO4. The Hall–Kier alpha value is -2.11. The highest BCUT2D eigenvalue weighted by molar-refractivity contribution is 6.32. The summed E-state index contributed by atoms with van der Waals surface area (Å²) in [6.45, 7) is 1.14. The Morgan fingerprint density at radius 1 is 1.00 bits per heavy atom. The molecule has 0 saturated heterocycles. The lowest BCUT2D eigenvalue weighted by molar-refractivity contribution is 0.174. The second-order valence-electron chi connectivity index (χ2n) is 5.77. The number of methoxy groups -OCH3 is 2. The van der Waals surface area contributed by atoms with Gasteiger partial charge in [0.05, 0.1) is 25.3 Å². The van der Waals surface area contributed by atoms with E-state index in [1.54, 1.807) is 14.2 Å². The molecule has 0 aliphatic carbocycles. The predicted octanol–water partition coefficient (Wildman–Crippen LogP) is 3.32. The average Bonchev–Trinajstić information content (AvgIpc) is 3.06. The largest absolute Gasteiger partial charge is 0.496 e. The Kier molecular flexibility index (Phi) is 3.90. The van der Waals surface area contributed by atoms with Crippen molar-refractivity contribution in [2.45, 2.75) is 12.5 Å². The summed E-state index contributed by atoms with van der Waals surface area (Å²) in [5.74, 6) is 2.92. The maximum atomic E-state index is 6.35. The fourth-order valence-corrected chi connectivity index (χ4v) is 3.58. The normalized spacial score (nSPS) is 18.2. The number of hydrogen-bond donors (Lipinski definition) is 1. The molecule has 4 rings (SSSR count). The minimum absolute atomic E-state index is 0.0263. The van der Waals surface area contributed by atoms with Gasteiger partial charge in [-0.1, -0.05) is 11.6 Å². The molecule has 0 bridgehead atoms. The molecule has 1 N–H and O–H groups in total. The highest BCUT2D eigenvalue weighted by atomic mass is 35.5. The van der Waals surface area contributed by atoms with E-state index in [4.69, 9.17) is 30.5 Å². The van der Waals surface area contributed by atoms with Crippen LogP contribution < -0.4 is 24.3 Å². The van der Waals surface area contributed by atoms with E-state index in [0.29, 0.717) is 10.8 Å². The molecule has 0 aromatic heterocycles. The molecule has 6 heteroatoms. The van der Waals surface area contributed by atoms with Gasteiger partial charge in [0.25, 0.3) is 0 Å². The summed E-state index contributed by atoms with van der Waals surface area (Å²) in [5, 5.41) is 4.10. The first-order chi connectivity index (χ1) is 11.7. The summed E-state index contributed by atoms with van der Waals surface area (Å²) >= 11 is 6.35. The van der Waals surface area contributed by atoms with E-state index < -0.39 is 0 Å². The van der Waals surface area contributed by atoms with Gasteiger partial charge < -0.3 is 24.3 Å². The van der Waals surface area contributed by atoms with Crippen molar-refractivity contribution < 1.29 is 18.9 Å². The zero-order chi connectivity index (χ0) is 16.7. The van der Waals surface area contributed by atoms with Crippen LogP contribution in [0.25, 0.3) is 0 Å². The van der Waals surface area contributed by atoms with Gasteiger partial charge in [-0.15, -0.1) is 0 Å². The zero-order valence-electron chi connectivity index (χ0n) is 13.5. The van der Waals surface area contributed by atoms with Gasteiger partial charge in [-0.05, 0) is 35.7 Å². The number of ether oxygens (including phenoxy) is 4. The Labute approximate surface area is 145 Å². The molecule has 2 aliphatic rings. The van der Waals surface area contributed by atoms with Crippen molar-refractivity contribution in [1.82, 2.24) is 5.32 Å². The van der Waals surface area contributed by atoms with Gasteiger partial charge in [-0.2, -0.15) is 0 Å². The van der Waals surface area contributed by atoms with E-state index in [0.717, 1.165) is 41.3 Å². The van der Waals surface area contributed by atoms with Crippen LogP contribution in [0.5, 0.6) is 23.0 Å². The molecule has 0 saturated carbocycles. The van der Waals surface area contributed by atoms with Crippen molar-refractivity contribution in [1.29, 1.82) is 0 Å². The highest BCUT2D eigenvalue weighted by Crippen LogP contribution is 2.43. The molecule has 126 valence electrons. The van der Waals surface area contributed by atoms with E-state index in [1.807, 2.05) is 18.2 Å². The third-order valence-electron chi connectivity index (χ3n) is 4.50. The predicted molar refractivity (Wildman–Crippen MR) is 90.7 cm³/mol. The molecule has 2 heterocycles. The summed E-state index contributed by atoms with van der Waals surface area (Å²) < 4.78 is 21.9. The van der Waals surface area contributed by atoms with Crippen LogP contribution in [-0.2, 0) is 6.42 Å². The first-order valence-corrected chi connectivity index (χ1v) is 8.16. The zero-order valence-corrected chi connectivity index (χ0v) is 14.3. The average molecular weight is 348 g/mol. The van der Waals surface area contributed by atoms with Crippen LogP contribution in [0.3, 0.4) is 0 Å². The van der Waals surface area contributed by atoms with Crippen LogP contribution in [0.2, 0.25) is 5.02 Å². The topological polar surface area (TPSA) is 49.0 Å². The lowest BCUT2D eigenvalue weighted by atomic mass is 9.89. The maximum absolute atomic E-state index is 6.35. The summed E-state index contributed by atoms with van der Waals surface area (Å²) in [4.78, 5) is 0. The van der Waals surface area contributed by atoms with Gasteiger partial charge in [0, 0.05) is 18.2 Å². The second-order valence-corrected chi connectivity index (χ2v) is 6.18. The summed E-state index contributed by atoms with van der Waals surface area (Å²) in [6, 6.07) is 7.81. The molecule has 1 atom stereocenters. The molecule has 0 fully saturated rings. The van der Waals surface area contributed by atoms with Crippen LogP contribution in [0.4, 0.5) is 0 Å². The Balaban J connectivity index is 1.83. The minimum atomic E-state index is -0.0263. The smallest absolute Gasteiger partial charge is 0.231 e. The van der Waals surface area contributed by atoms with Gasteiger partial charge in [0.1, 0.15) is 11.5 Å². The van der Waals surface area contributed by atoms with Crippen LogP contribution >= 0.6 is 11.6 Å². The summed E-state index contributed by atoms with van der Waals surface area (Å²) in [7, 11) is 3.24. The number of benzene rings is 2. The van der Waals surface area contributed by atoms with Crippen LogP contribution in [0, 0.1) is 0 Å². The molecule has 0 radical (unpaired) electrons. The van der Waals surface area contributed by atoms with Crippen molar-refractivity contribution in [3.05, 3.63) is 46.0 Å². The molecule has 2 aliphatic heterocycles. The third-order valence-corrected chi connectivity index (χ3v) is 4.80. The fourth-order valence-electron chi connectivity index (χ4n) is 3.33. The first-order valence-electron chi connectivity index (χ1n) is 7.78. The molecule has 24 heavy (non-hydrogen) atoms. The quantitative estimate of drug-likeness (QED) is 0.923. The lowest BCUT2D eigenvalue weighted by Gasteiger charge is -2.29. The minimum Gasteiger partial charge on any atom is -0.496 e. The van der Waals surface area contributed by atoms with E-state index >= 15 is 0 Å². The van der Waals surface area contributed by atoms with Crippen LogP contribution in [0.1, 0.15) is 22.7 Å². The van der Waals surface area contributed by atoms with Gasteiger partial charge >= 0.3 is 0 Å². The van der Waals surface area contributed by atoms with E-state index in [-0.39, 0.29) is 12.8 Å². The molecule has 5 nitrogen and oxygen atoms in total. The van der Waals surface area contributed by atoms with E-state index in [9.17, 15) is 0 Å². The lowest BCUT2D eigenvalue weighted by Crippen LogP contribution is -2.30. The van der Waals surface area contributed by atoms with Crippen molar-refractivity contribution in [3.8, 4) is 23.0 Å². The Bertz CT molecular complexity index is 793. The van der Waals surface area contributed by atoms with E-state index in [1.165, 1.54) is 5.56 Å². The first kappa shape index (κ1) is 15.4. The van der Waals surface area contributed by atoms with Crippen LogP contribution in [0.15, 0.2) is 24.3 Å². The summed E-state index contributed by atoms with van der Waals surface area (Å²) in [6.07, 6.45) is 0.939. The highest BCUT2D eigenvalue weighted by Gasteiger charge is 2.28. The molecule has 1 unspecified atom stereocenters. The van der Waals surface area contributed by atoms with Crippen molar-refractivity contribution in [2.75, 3.05) is 27.6 Å². The number of fused-ring (bicyclic) bond motifs is 2. The molecule has 0 spiro atoms. The fraction of sp³-hybridized carbons (Fsp3) is 0.333. The summed E-state index contributed by atoms with van der Waals surface area (Å²) in [5.41, 5.74) is 3.38. The molecule has 2 aromatic rings. The van der Waals surface area contributed by atoms with E-state index in [2.05, 4.69) is 11.4 Å². The number of halogens is 1. The standard InChI is InChI=1S/C18H18ClNO4/c1-21-14-8-15(22-2)13(19)6-12(14)18-11-7-17-16(23-9-24-17)5-10(11)3-4-20-18/h5-8,18,20H,3-4,9H2,1-2H3. The number of rotatable bonds is 3. The van der Waals surface area contributed by atoms with Crippen molar-refractivity contribution in [2.24, 2.45) is 0 Å². The van der Waals surface area contributed by atoms with Gasteiger partial charge in [0.15, 0.2) is 11.5 Å².